The average molecular weight is 233 g/mol. The van der Waals surface area contributed by atoms with E-state index in [9.17, 15) is 0 Å². The van der Waals surface area contributed by atoms with E-state index in [2.05, 4.69) is 37.8 Å². The van der Waals surface area contributed by atoms with E-state index in [0.29, 0.717) is 11.3 Å². The fourth-order valence-corrected chi connectivity index (χ4v) is 2.13. The summed E-state index contributed by atoms with van der Waals surface area (Å²) in [6.45, 7) is 5.81. The van der Waals surface area contributed by atoms with Crippen molar-refractivity contribution in [2.45, 2.75) is 6.92 Å². The third kappa shape index (κ3) is 1.57. The number of nitriles is 1. The molecule has 0 N–H and O–H groups in total. The molecule has 0 fully saturated rings. The molecule has 0 saturated carbocycles. The van der Waals surface area contributed by atoms with Crippen LogP contribution in [0.2, 0.25) is 0 Å². The maximum atomic E-state index is 8.98. The van der Waals surface area contributed by atoms with E-state index < -0.39 is 0 Å². The molecule has 0 saturated heterocycles. The van der Waals surface area contributed by atoms with Gasteiger partial charge >= 0.3 is 0 Å². The number of hydrogen-bond acceptors (Lipinski definition) is 2. The van der Waals surface area contributed by atoms with Crippen LogP contribution < -0.4 is 4.74 Å². The first-order valence-corrected chi connectivity index (χ1v) is 5.71. The SMILES string of the molecule is C=C1Oc2cc3cc(C)ccc3cc2C=C1C#N. The summed E-state index contributed by atoms with van der Waals surface area (Å²) < 4.78 is 5.60. The van der Waals surface area contributed by atoms with Crippen molar-refractivity contribution in [2.24, 2.45) is 0 Å². The predicted molar refractivity (Wildman–Crippen MR) is 72.0 cm³/mol. The number of rotatable bonds is 0. The highest BCUT2D eigenvalue weighted by Gasteiger charge is 2.15. The fourth-order valence-electron chi connectivity index (χ4n) is 2.13. The van der Waals surface area contributed by atoms with Gasteiger partial charge in [0.15, 0.2) is 0 Å². The first kappa shape index (κ1) is 10.6. The lowest BCUT2D eigenvalue weighted by Crippen LogP contribution is -2.03. The average Bonchev–Trinajstić information content (AvgIpc) is 2.35. The lowest BCUT2D eigenvalue weighted by Gasteiger charge is -2.17. The molecule has 2 nitrogen and oxygen atoms in total. The molecule has 0 radical (unpaired) electrons. The number of ether oxygens (including phenoxy) is 1. The molecule has 18 heavy (non-hydrogen) atoms. The Morgan fingerprint density at radius 1 is 1.17 bits per heavy atom. The Balaban J connectivity index is 2.28. The van der Waals surface area contributed by atoms with E-state index in [4.69, 9.17) is 10.00 Å². The molecule has 0 aliphatic carbocycles. The first-order valence-electron chi connectivity index (χ1n) is 5.71. The number of nitrogens with zero attached hydrogens (tertiary/aromatic N) is 1. The van der Waals surface area contributed by atoms with E-state index in [1.165, 1.54) is 5.56 Å². The maximum Gasteiger partial charge on any atom is 0.138 e. The van der Waals surface area contributed by atoms with Crippen LogP contribution in [0, 0.1) is 18.3 Å². The van der Waals surface area contributed by atoms with Crippen LogP contribution in [0.3, 0.4) is 0 Å². The van der Waals surface area contributed by atoms with Crippen molar-refractivity contribution in [3.05, 3.63) is 59.4 Å². The van der Waals surface area contributed by atoms with Crippen LogP contribution in [-0.2, 0) is 0 Å². The van der Waals surface area contributed by atoms with Gasteiger partial charge in [-0.15, -0.1) is 0 Å². The smallest absolute Gasteiger partial charge is 0.138 e. The van der Waals surface area contributed by atoms with Crippen molar-refractivity contribution < 1.29 is 4.74 Å². The molecular formula is C16H11NO. The van der Waals surface area contributed by atoms with Crippen molar-refractivity contribution in [1.29, 1.82) is 5.26 Å². The minimum absolute atomic E-state index is 0.414. The number of allylic oxidation sites excluding steroid dienone is 1. The second-order valence-electron chi connectivity index (χ2n) is 4.44. The van der Waals surface area contributed by atoms with Gasteiger partial charge in [-0.2, -0.15) is 5.26 Å². The van der Waals surface area contributed by atoms with Crippen molar-refractivity contribution in [3.63, 3.8) is 0 Å². The van der Waals surface area contributed by atoms with Crippen molar-refractivity contribution in [1.82, 2.24) is 0 Å². The number of aryl methyl sites for hydroxylation is 1. The van der Waals surface area contributed by atoms with E-state index in [1.807, 2.05) is 18.2 Å². The normalized spacial score (nSPS) is 13.6. The highest BCUT2D eigenvalue weighted by molar-refractivity contribution is 5.89. The third-order valence-corrected chi connectivity index (χ3v) is 3.08. The molecule has 2 aromatic carbocycles. The fraction of sp³-hybridized carbons (Fsp3) is 0.0625. The summed E-state index contributed by atoms with van der Waals surface area (Å²) >= 11 is 0. The summed E-state index contributed by atoms with van der Waals surface area (Å²) in [6.07, 6.45) is 1.82. The number of benzene rings is 2. The minimum atomic E-state index is 0.414. The molecule has 86 valence electrons. The van der Waals surface area contributed by atoms with E-state index in [-0.39, 0.29) is 0 Å². The molecule has 1 aliphatic rings. The molecule has 0 atom stereocenters. The Hall–Kier alpha value is -2.53. The van der Waals surface area contributed by atoms with Crippen LogP contribution in [0.25, 0.3) is 16.8 Å². The topological polar surface area (TPSA) is 33.0 Å². The van der Waals surface area contributed by atoms with Gasteiger partial charge in [0.05, 0.1) is 5.57 Å². The molecule has 3 rings (SSSR count). The largest absolute Gasteiger partial charge is 0.456 e. The van der Waals surface area contributed by atoms with Crippen molar-refractivity contribution >= 4 is 16.8 Å². The monoisotopic (exact) mass is 233 g/mol. The van der Waals surface area contributed by atoms with Gasteiger partial charge in [-0.1, -0.05) is 30.3 Å². The van der Waals surface area contributed by atoms with Crippen LogP contribution in [0.1, 0.15) is 11.1 Å². The molecule has 0 unspecified atom stereocenters. The van der Waals surface area contributed by atoms with Gasteiger partial charge in [-0.25, -0.2) is 0 Å². The van der Waals surface area contributed by atoms with Crippen LogP contribution in [0.5, 0.6) is 5.75 Å². The Kier molecular flexibility index (Phi) is 2.21. The summed E-state index contributed by atoms with van der Waals surface area (Å²) in [5.74, 6) is 1.18. The maximum absolute atomic E-state index is 8.98. The Labute approximate surface area is 105 Å². The molecule has 0 amide bonds. The quantitative estimate of drug-likeness (QED) is 0.690. The van der Waals surface area contributed by atoms with Gasteiger partial charge < -0.3 is 4.74 Å². The lowest BCUT2D eigenvalue weighted by atomic mass is 10.0. The van der Waals surface area contributed by atoms with Crippen LogP contribution in [0.15, 0.2) is 48.2 Å². The predicted octanol–water partition coefficient (Wildman–Crippen LogP) is 3.96. The molecule has 1 aliphatic heterocycles. The van der Waals surface area contributed by atoms with Crippen molar-refractivity contribution in [2.75, 3.05) is 0 Å². The van der Waals surface area contributed by atoms with Gasteiger partial charge in [0.1, 0.15) is 17.6 Å². The van der Waals surface area contributed by atoms with E-state index >= 15 is 0 Å². The third-order valence-electron chi connectivity index (χ3n) is 3.08. The van der Waals surface area contributed by atoms with Gasteiger partial charge in [-0.05, 0) is 35.9 Å². The Bertz CT molecular complexity index is 748. The van der Waals surface area contributed by atoms with Gasteiger partial charge in [-0.3, -0.25) is 0 Å². The number of fused-ring (bicyclic) bond motifs is 2. The zero-order chi connectivity index (χ0) is 12.7. The molecule has 2 aromatic rings. The highest BCUT2D eigenvalue weighted by atomic mass is 16.5. The van der Waals surface area contributed by atoms with Gasteiger partial charge in [0.2, 0.25) is 0 Å². The summed E-state index contributed by atoms with van der Waals surface area (Å²) in [7, 11) is 0. The zero-order valence-corrected chi connectivity index (χ0v) is 10.0. The van der Waals surface area contributed by atoms with Crippen LogP contribution >= 0.6 is 0 Å². The standard InChI is InChI=1S/C16H11NO/c1-10-3-4-12-6-14-7-15(9-17)11(2)18-16(14)8-13(12)5-10/h3-8H,2H2,1H3. The molecule has 0 spiro atoms. The second kappa shape index (κ2) is 3.75. The summed E-state index contributed by atoms with van der Waals surface area (Å²) in [4.78, 5) is 0. The molecule has 1 heterocycles. The summed E-state index contributed by atoms with van der Waals surface area (Å²) in [5, 5.41) is 11.3. The Morgan fingerprint density at radius 2 is 2.00 bits per heavy atom. The van der Waals surface area contributed by atoms with Gasteiger partial charge in [0.25, 0.3) is 0 Å². The zero-order valence-electron chi connectivity index (χ0n) is 10.0. The summed E-state index contributed by atoms with van der Waals surface area (Å²) in [5.41, 5.74) is 2.62. The van der Waals surface area contributed by atoms with Crippen LogP contribution in [-0.4, -0.2) is 0 Å². The van der Waals surface area contributed by atoms with Crippen molar-refractivity contribution in [3.8, 4) is 11.8 Å². The van der Waals surface area contributed by atoms with Crippen LogP contribution in [0.4, 0.5) is 0 Å². The Morgan fingerprint density at radius 3 is 2.78 bits per heavy atom. The molecule has 2 heteroatoms. The molecular weight excluding hydrogens is 222 g/mol. The second-order valence-corrected chi connectivity index (χ2v) is 4.44. The summed E-state index contributed by atoms with van der Waals surface area (Å²) in [6, 6.07) is 12.4. The highest BCUT2D eigenvalue weighted by Crippen LogP contribution is 2.34. The number of hydrogen-bond donors (Lipinski definition) is 0. The minimum Gasteiger partial charge on any atom is -0.456 e. The lowest BCUT2D eigenvalue weighted by molar-refractivity contribution is 0.438. The molecule has 0 aromatic heterocycles. The van der Waals surface area contributed by atoms with E-state index in [0.717, 1.165) is 22.1 Å². The van der Waals surface area contributed by atoms with E-state index in [1.54, 1.807) is 0 Å². The first-order chi connectivity index (χ1) is 8.67. The van der Waals surface area contributed by atoms with Gasteiger partial charge in [0, 0.05) is 5.56 Å². The molecule has 0 bridgehead atoms.